The molecule has 2 aromatic rings. The molecule has 0 saturated carbocycles. The van der Waals surface area contributed by atoms with Crippen molar-refractivity contribution in [1.82, 2.24) is 0 Å². The van der Waals surface area contributed by atoms with Gasteiger partial charge < -0.3 is 9.84 Å². The van der Waals surface area contributed by atoms with Gasteiger partial charge in [-0.2, -0.15) is 0 Å². The van der Waals surface area contributed by atoms with Gasteiger partial charge in [0.15, 0.2) is 0 Å². The van der Waals surface area contributed by atoms with Crippen LogP contribution in [0.5, 0.6) is 5.75 Å². The Morgan fingerprint density at radius 3 is 2.41 bits per heavy atom. The third kappa shape index (κ3) is 5.24. The first kappa shape index (κ1) is 16.1. The Morgan fingerprint density at radius 1 is 1.05 bits per heavy atom. The number of rotatable bonds is 7. The zero-order valence-corrected chi connectivity index (χ0v) is 12.9. The molecule has 1 atom stereocenters. The molecule has 1 N–H and O–H groups in total. The van der Waals surface area contributed by atoms with Crippen molar-refractivity contribution >= 4 is 5.97 Å². The molecule has 0 saturated heterocycles. The molecule has 1 unspecified atom stereocenters. The van der Waals surface area contributed by atoms with Crippen molar-refractivity contribution in [2.45, 2.75) is 26.2 Å². The quantitative estimate of drug-likeness (QED) is 0.779. The summed E-state index contributed by atoms with van der Waals surface area (Å²) in [6.07, 6.45) is 2.99. The standard InChI is InChI=1S/C19H22O3/c1-15(7-8-16-5-3-2-4-6-16)13-14-22-19(21)17-9-11-18(20)12-10-17/h2-6,9-12,15,20H,7-8,13-14H2,1H3. The highest BCUT2D eigenvalue weighted by Gasteiger charge is 2.08. The van der Waals surface area contributed by atoms with Crippen LogP contribution in [-0.4, -0.2) is 17.7 Å². The SMILES string of the molecule is CC(CCOC(=O)c1ccc(O)cc1)CCc1ccccc1. The van der Waals surface area contributed by atoms with Crippen LogP contribution in [0.2, 0.25) is 0 Å². The molecule has 2 rings (SSSR count). The maximum atomic E-state index is 11.8. The number of aromatic hydroxyl groups is 1. The maximum absolute atomic E-state index is 11.8. The number of ether oxygens (including phenoxy) is 1. The van der Waals surface area contributed by atoms with Gasteiger partial charge in [0.2, 0.25) is 0 Å². The molecule has 0 aliphatic rings. The first-order valence-corrected chi connectivity index (χ1v) is 7.65. The van der Waals surface area contributed by atoms with Crippen molar-refractivity contribution in [3.05, 3.63) is 65.7 Å². The van der Waals surface area contributed by atoms with Crippen LogP contribution in [0.4, 0.5) is 0 Å². The number of phenols is 1. The van der Waals surface area contributed by atoms with E-state index in [9.17, 15) is 9.90 Å². The number of phenolic OH excluding ortho intramolecular Hbond substituents is 1. The lowest BCUT2D eigenvalue weighted by Crippen LogP contribution is -2.09. The van der Waals surface area contributed by atoms with E-state index in [1.807, 2.05) is 6.07 Å². The van der Waals surface area contributed by atoms with Crippen LogP contribution < -0.4 is 0 Å². The Labute approximate surface area is 131 Å². The van der Waals surface area contributed by atoms with Crippen molar-refractivity contribution in [3.8, 4) is 5.75 Å². The van der Waals surface area contributed by atoms with Crippen LogP contribution in [0.25, 0.3) is 0 Å². The van der Waals surface area contributed by atoms with Gasteiger partial charge in [-0.3, -0.25) is 0 Å². The van der Waals surface area contributed by atoms with Gasteiger partial charge >= 0.3 is 5.97 Å². The zero-order valence-electron chi connectivity index (χ0n) is 12.9. The zero-order chi connectivity index (χ0) is 15.8. The van der Waals surface area contributed by atoms with E-state index in [2.05, 4.69) is 31.2 Å². The first-order chi connectivity index (χ1) is 10.6. The van der Waals surface area contributed by atoms with Gasteiger partial charge in [0.25, 0.3) is 0 Å². The fourth-order valence-electron chi connectivity index (χ4n) is 2.24. The summed E-state index contributed by atoms with van der Waals surface area (Å²) in [7, 11) is 0. The fraction of sp³-hybridized carbons (Fsp3) is 0.316. The van der Waals surface area contributed by atoms with Gasteiger partial charge in [-0.05, 0) is 55.0 Å². The highest BCUT2D eigenvalue weighted by Crippen LogP contribution is 2.14. The predicted molar refractivity (Wildman–Crippen MR) is 86.9 cm³/mol. The molecule has 116 valence electrons. The van der Waals surface area contributed by atoms with Gasteiger partial charge in [-0.1, -0.05) is 37.3 Å². The Balaban J connectivity index is 1.67. The highest BCUT2D eigenvalue weighted by atomic mass is 16.5. The molecule has 22 heavy (non-hydrogen) atoms. The van der Waals surface area contributed by atoms with Gasteiger partial charge in [0.05, 0.1) is 12.2 Å². The van der Waals surface area contributed by atoms with E-state index in [-0.39, 0.29) is 11.7 Å². The number of hydrogen-bond acceptors (Lipinski definition) is 3. The van der Waals surface area contributed by atoms with E-state index in [0.717, 1.165) is 19.3 Å². The second kappa shape index (κ2) is 8.23. The van der Waals surface area contributed by atoms with E-state index < -0.39 is 0 Å². The Hall–Kier alpha value is -2.29. The Bertz CT molecular complexity index is 575. The summed E-state index contributed by atoms with van der Waals surface area (Å²) in [4.78, 5) is 11.8. The van der Waals surface area contributed by atoms with Crippen molar-refractivity contribution in [3.63, 3.8) is 0 Å². The number of carbonyl (C=O) groups is 1. The minimum absolute atomic E-state index is 0.145. The smallest absolute Gasteiger partial charge is 0.338 e. The highest BCUT2D eigenvalue weighted by molar-refractivity contribution is 5.89. The van der Waals surface area contributed by atoms with Gasteiger partial charge in [0, 0.05) is 0 Å². The maximum Gasteiger partial charge on any atom is 0.338 e. The topological polar surface area (TPSA) is 46.5 Å². The van der Waals surface area contributed by atoms with Crippen molar-refractivity contribution in [2.24, 2.45) is 5.92 Å². The third-order valence-corrected chi connectivity index (χ3v) is 3.72. The number of hydrogen-bond donors (Lipinski definition) is 1. The normalized spacial score (nSPS) is 11.9. The van der Waals surface area contributed by atoms with Crippen LogP contribution in [0.15, 0.2) is 54.6 Å². The lowest BCUT2D eigenvalue weighted by Gasteiger charge is -2.11. The fourth-order valence-corrected chi connectivity index (χ4v) is 2.24. The lowest BCUT2D eigenvalue weighted by molar-refractivity contribution is 0.0484. The average molecular weight is 298 g/mol. The van der Waals surface area contributed by atoms with Crippen molar-refractivity contribution < 1.29 is 14.6 Å². The first-order valence-electron chi connectivity index (χ1n) is 7.65. The monoisotopic (exact) mass is 298 g/mol. The van der Waals surface area contributed by atoms with Gasteiger partial charge in [0.1, 0.15) is 5.75 Å². The van der Waals surface area contributed by atoms with E-state index in [1.165, 1.54) is 17.7 Å². The second-order valence-corrected chi connectivity index (χ2v) is 5.60. The van der Waals surface area contributed by atoms with Crippen LogP contribution >= 0.6 is 0 Å². The number of esters is 1. The molecule has 0 spiro atoms. The van der Waals surface area contributed by atoms with Crippen molar-refractivity contribution in [1.29, 1.82) is 0 Å². The van der Waals surface area contributed by atoms with Crippen LogP contribution in [0.3, 0.4) is 0 Å². The molecule has 0 heterocycles. The van der Waals surface area contributed by atoms with Gasteiger partial charge in [-0.25, -0.2) is 4.79 Å². The van der Waals surface area contributed by atoms with Gasteiger partial charge in [-0.15, -0.1) is 0 Å². The number of carbonyl (C=O) groups excluding carboxylic acids is 1. The van der Waals surface area contributed by atoms with E-state index >= 15 is 0 Å². The Morgan fingerprint density at radius 2 is 1.73 bits per heavy atom. The molecule has 0 radical (unpaired) electrons. The molecular formula is C19H22O3. The van der Waals surface area contributed by atoms with Crippen LogP contribution in [-0.2, 0) is 11.2 Å². The van der Waals surface area contributed by atoms with E-state index in [1.54, 1.807) is 12.1 Å². The summed E-state index contributed by atoms with van der Waals surface area (Å²) in [5, 5.41) is 9.19. The number of aryl methyl sites for hydroxylation is 1. The van der Waals surface area contributed by atoms with E-state index in [0.29, 0.717) is 18.1 Å². The molecule has 0 fully saturated rings. The second-order valence-electron chi connectivity index (χ2n) is 5.60. The summed E-state index contributed by atoms with van der Waals surface area (Å²) in [6.45, 7) is 2.60. The number of benzene rings is 2. The summed E-state index contributed by atoms with van der Waals surface area (Å²) < 4.78 is 5.27. The third-order valence-electron chi connectivity index (χ3n) is 3.72. The van der Waals surface area contributed by atoms with E-state index in [4.69, 9.17) is 4.74 Å². The predicted octanol–water partition coefficient (Wildman–Crippen LogP) is 4.21. The summed E-state index contributed by atoms with van der Waals surface area (Å²) in [6, 6.07) is 16.5. The summed E-state index contributed by atoms with van der Waals surface area (Å²) >= 11 is 0. The molecule has 0 aliphatic carbocycles. The molecular weight excluding hydrogens is 276 g/mol. The minimum Gasteiger partial charge on any atom is -0.508 e. The lowest BCUT2D eigenvalue weighted by atomic mass is 9.99. The molecule has 3 heteroatoms. The largest absolute Gasteiger partial charge is 0.508 e. The molecule has 0 amide bonds. The molecule has 3 nitrogen and oxygen atoms in total. The Kier molecular flexibility index (Phi) is 6.01. The molecule has 2 aromatic carbocycles. The summed E-state index contributed by atoms with van der Waals surface area (Å²) in [5.41, 5.74) is 1.81. The van der Waals surface area contributed by atoms with Crippen LogP contribution in [0.1, 0.15) is 35.7 Å². The minimum atomic E-state index is -0.338. The van der Waals surface area contributed by atoms with Crippen molar-refractivity contribution in [2.75, 3.05) is 6.61 Å². The average Bonchev–Trinajstić information content (AvgIpc) is 2.54. The van der Waals surface area contributed by atoms with Crippen LogP contribution in [0, 0.1) is 5.92 Å². The molecule has 0 aliphatic heterocycles. The molecule has 0 bridgehead atoms. The molecule has 0 aromatic heterocycles. The summed E-state index contributed by atoms with van der Waals surface area (Å²) in [5.74, 6) is 0.314.